The molecular formula is C14H17N3O. The number of hydrogen-bond acceptors (Lipinski definition) is 4. The minimum absolute atomic E-state index is 0.00789. The average molecular weight is 243 g/mol. The molecule has 0 radical (unpaired) electrons. The van der Waals surface area contributed by atoms with E-state index in [1.807, 2.05) is 24.3 Å². The van der Waals surface area contributed by atoms with Crippen molar-refractivity contribution in [2.75, 3.05) is 0 Å². The maximum atomic E-state index is 5.61. The van der Waals surface area contributed by atoms with E-state index in [-0.39, 0.29) is 5.41 Å². The van der Waals surface area contributed by atoms with E-state index in [0.717, 1.165) is 11.4 Å². The first-order valence-electron chi connectivity index (χ1n) is 5.91. The number of pyridine rings is 1. The zero-order valence-corrected chi connectivity index (χ0v) is 10.9. The number of aromatic nitrogens is 3. The summed E-state index contributed by atoms with van der Waals surface area (Å²) in [5.41, 5.74) is 1.84. The smallest absolute Gasteiger partial charge is 0.216 e. The molecule has 2 heterocycles. The van der Waals surface area contributed by atoms with Crippen LogP contribution in [-0.2, 0) is 12.0 Å². The third-order valence-electron chi connectivity index (χ3n) is 2.50. The van der Waals surface area contributed by atoms with Crippen molar-refractivity contribution in [3.8, 4) is 5.88 Å². The van der Waals surface area contributed by atoms with Gasteiger partial charge in [0.25, 0.3) is 0 Å². The molecule has 0 saturated carbocycles. The summed E-state index contributed by atoms with van der Waals surface area (Å²) in [6, 6.07) is 7.62. The second-order valence-corrected chi connectivity index (χ2v) is 5.10. The van der Waals surface area contributed by atoms with E-state index in [1.54, 1.807) is 6.20 Å². The molecule has 0 amide bonds. The van der Waals surface area contributed by atoms with Crippen molar-refractivity contribution in [2.45, 2.75) is 32.8 Å². The van der Waals surface area contributed by atoms with Gasteiger partial charge >= 0.3 is 0 Å². The molecule has 0 aromatic carbocycles. The fraction of sp³-hybridized carbons (Fsp3) is 0.357. The first-order valence-corrected chi connectivity index (χ1v) is 5.91. The Kier molecular flexibility index (Phi) is 3.55. The summed E-state index contributed by atoms with van der Waals surface area (Å²) < 4.78 is 5.61. The summed E-state index contributed by atoms with van der Waals surface area (Å²) in [5, 5.41) is 0. The molecule has 0 atom stereocenters. The Morgan fingerprint density at radius 3 is 2.61 bits per heavy atom. The average Bonchev–Trinajstić information content (AvgIpc) is 2.37. The monoisotopic (exact) mass is 243 g/mol. The fourth-order valence-electron chi connectivity index (χ4n) is 1.46. The van der Waals surface area contributed by atoms with Crippen LogP contribution in [0.15, 0.2) is 36.8 Å². The Hall–Kier alpha value is -1.97. The summed E-state index contributed by atoms with van der Waals surface area (Å²) in [6.45, 7) is 6.75. The van der Waals surface area contributed by atoms with Gasteiger partial charge in [-0.3, -0.25) is 4.98 Å². The molecule has 2 aromatic heterocycles. The van der Waals surface area contributed by atoms with Crippen molar-refractivity contribution in [1.82, 2.24) is 15.0 Å². The van der Waals surface area contributed by atoms with Gasteiger partial charge in [0, 0.05) is 17.7 Å². The van der Waals surface area contributed by atoms with Crippen LogP contribution in [0.2, 0.25) is 0 Å². The lowest BCUT2D eigenvalue weighted by atomic mass is 9.92. The van der Waals surface area contributed by atoms with E-state index >= 15 is 0 Å². The van der Waals surface area contributed by atoms with Crippen LogP contribution < -0.4 is 4.74 Å². The summed E-state index contributed by atoms with van der Waals surface area (Å²) in [4.78, 5) is 12.6. The predicted octanol–water partition coefficient (Wildman–Crippen LogP) is 2.75. The Bertz CT molecular complexity index is 506. The van der Waals surface area contributed by atoms with Crippen LogP contribution in [0.25, 0.3) is 0 Å². The number of rotatable bonds is 3. The first kappa shape index (κ1) is 12.5. The fourth-order valence-corrected chi connectivity index (χ4v) is 1.46. The summed E-state index contributed by atoms with van der Waals surface area (Å²) in [5.74, 6) is 0.584. The standard InChI is InChI=1S/C14H17N3O/c1-14(2,3)12-8-13(17-10-16-12)18-9-11-6-4-5-7-15-11/h4-8,10H,9H2,1-3H3. The third-order valence-corrected chi connectivity index (χ3v) is 2.50. The van der Waals surface area contributed by atoms with Gasteiger partial charge in [0.05, 0.1) is 11.4 Å². The van der Waals surface area contributed by atoms with Gasteiger partial charge < -0.3 is 4.74 Å². The van der Waals surface area contributed by atoms with Crippen LogP contribution in [0, 0.1) is 0 Å². The molecule has 0 bridgehead atoms. The highest BCUT2D eigenvalue weighted by molar-refractivity contribution is 5.19. The van der Waals surface area contributed by atoms with Crippen LogP contribution in [0.1, 0.15) is 32.2 Å². The predicted molar refractivity (Wildman–Crippen MR) is 69.3 cm³/mol. The summed E-state index contributed by atoms with van der Waals surface area (Å²) in [6.07, 6.45) is 3.29. The van der Waals surface area contributed by atoms with Gasteiger partial charge in [-0.05, 0) is 12.1 Å². The van der Waals surface area contributed by atoms with Crippen molar-refractivity contribution in [2.24, 2.45) is 0 Å². The summed E-state index contributed by atoms with van der Waals surface area (Å²) in [7, 11) is 0. The van der Waals surface area contributed by atoms with E-state index in [1.165, 1.54) is 6.33 Å². The molecule has 2 aromatic rings. The zero-order valence-electron chi connectivity index (χ0n) is 10.9. The van der Waals surface area contributed by atoms with E-state index < -0.39 is 0 Å². The molecule has 18 heavy (non-hydrogen) atoms. The van der Waals surface area contributed by atoms with Gasteiger partial charge in [-0.25, -0.2) is 9.97 Å². The van der Waals surface area contributed by atoms with Crippen molar-refractivity contribution < 1.29 is 4.74 Å². The zero-order chi connectivity index (χ0) is 13.0. The molecule has 0 unspecified atom stereocenters. The van der Waals surface area contributed by atoms with Gasteiger partial charge in [0.1, 0.15) is 12.9 Å². The Labute approximate surface area is 107 Å². The van der Waals surface area contributed by atoms with Crippen LogP contribution in [0.4, 0.5) is 0 Å². The van der Waals surface area contributed by atoms with Gasteiger partial charge in [-0.15, -0.1) is 0 Å². The maximum absolute atomic E-state index is 5.61. The Morgan fingerprint density at radius 1 is 1.11 bits per heavy atom. The lowest BCUT2D eigenvalue weighted by molar-refractivity contribution is 0.287. The topological polar surface area (TPSA) is 47.9 Å². The second-order valence-electron chi connectivity index (χ2n) is 5.10. The molecule has 0 aliphatic rings. The van der Waals surface area contributed by atoms with Gasteiger partial charge in [0.2, 0.25) is 5.88 Å². The minimum Gasteiger partial charge on any atom is -0.471 e. The lowest BCUT2D eigenvalue weighted by Gasteiger charge is -2.17. The van der Waals surface area contributed by atoms with Crippen molar-refractivity contribution in [3.05, 3.63) is 48.2 Å². The molecule has 0 aliphatic heterocycles. The SMILES string of the molecule is CC(C)(C)c1cc(OCc2ccccn2)ncn1. The molecule has 4 nitrogen and oxygen atoms in total. The Balaban J connectivity index is 2.06. The van der Waals surface area contributed by atoms with Gasteiger partial charge in [-0.1, -0.05) is 26.8 Å². The molecule has 0 spiro atoms. The molecule has 4 heteroatoms. The highest BCUT2D eigenvalue weighted by atomic mass is 16.5. The number of hydrogen-bond donors (Lipinski definition) is 0. The van der Waals surface area contributed by atoms with Crippen LogP contribution >= 0.6 is 0 Å². The third kappa shape index (κ3) is 3.26. The molecule has 94 valence electrons. The number of ether oxygens (including phenoxy) is 1. The lowest BCUT2D eigenvalue weighted by Crippen LogP contribution is -2.14. The number of nitrogens with zero attached hydrogens (tertiary/aromatic N) is 3. The first-order chi connectivity index (χ1) is 8.55. The Morgan fingerprint density at radius 2 is 1.94 bits per heavy atom. The minimum atomic E-state index is -0.00789. The highest BCUT2D eigenvalue weighted by Crippen LogP contribution is 2.22. The molecule has 0 aliphatic carbocycles. The van der Waals surface area contributed by atoms with Crippen molar-refractivity contribution in [3.63, 3.8) is 0 Å². The van der Waals surface area contributed by atoms with Crippen LogP contribution in [-0.4, -0.2) is 15.0 Å². The van der Waals surface area contributed by atoms with Crippen LogP contribution in [0.3, 0.4) is 0 Å². The van der Waals surface area contributed by atoms with Gasteiger partial charge in [-0.2, -0.15) is 0 Å². The van der Waals surface area contributed by atoms with Crippen molar-refractivity contribution >= 4 is 0 Å². The van der Waals surface area contributed by atoms with E-state index in [2.05, 4.69) is 35.7 Å². The van der Waals surface area contributed by atoms with Crippen molar-refractivity contribution in [1.29, 1.82) is 0 Å². The summed E-state index contributed by atoms with van der Waals surface area (Å²) >= 11 is 0. The molecule has 0 N–H and O–H groups in total. The normalized spacial score (nSPS) is 11.3. The molecule has 2 rings (SSSR count). The highest BCUT2D eigenvalue weighted by Gasteiger charge is 2.16. The van der Waals surface area contributed by atoms with E-state index in [9.17, 15) is 0 Å². The second kappa shape index (κ2) is 5.12. The quantitative estimate of drug-likeness (QED) is 0.831. The largest absolute Gasteiger partial charge is 0.471 e. The van der Waals surface area contributed by atoms with Gasteiger partial charge in [0.15, 0.2) is 0 Å². The van der Waals surface area contributed by atoms with E-state index in [0.29, 0.717) is 12.5 Å². The molecule has 0 saturated heterocycles. The molecular weight excluding hydrogens is 226 g/mol. The molecule has 0 fully saturated rings. The van der Waals surface area contributed by atoms with E-state index in [4.69, 9.17) is 4.74 Å². The maximum Gasteiger partial charge on any atom is 0.216 e. The van der Waals surface area contributed by atoms with Crippen LogP contribution in [0.5, 0.6) is 5.88 Å².